The number of esters is 1. The van der Waals surface area contributed by atoms with Crippen LogP contribution in [0.1, 0.15) is 62.8 Å². The van der Waals surface area contributed by atoms with Gasteiger partial charge < -0.3 is 25.3 Å². The van der Waals surface area contributed by atoms with E-state index in [-0.39, 0.29) is 17.8 Å². The number of rotatable bonds is 7. The molecule has 0 aromatic carbocycles. The predicted octanol–water partition coefficient (Wildman–Crippen LogP) is 2.80. The molecule has 37 heavy (non-hydrogen) atoms. The van der Waals surface area contributed by atoms with Gasteiger partial charge in [0.1, 0.15) is 5.69 Å². The highest BCUT2D eigenvalue weighted by Gasteiger charge is 2.40. The fraction of sp³-hybridized carbons (Fsp3) is 0.690. The second kappa shape index (κ2) is 10.8. The molecule has 5 atom stereocenters. The average molecular weight is 507 g/mol. The summed E-state index contributed by atoms with van der Waals surface area (Å²) in [6.07, 6.45) is 17.0. The summed E-state index contributed by atoms with van der Waals surface area (Å²) in [5.41, 5.74) is 3.65. The fourth-order valence-corrected chi connectivity index (χ4v) is 6.86. The van der Waals surface area contributed by atoms with Crippen LogP contribution in [0.3, 0.4) is 0 Å². The Kier molecular flexibility index (Phi) is 7.32. The number of ether oxygens (including phenoxy) is 1. The number of H-pyrrole nitrogens is 1. The van der Waals surface area contributed by atoms with Crippen molar-refractivity contribution in [2.75, 3.05) is 45.9 Å². The molecule has 5 unspecified atom stereocenters. The third-order valence-electron chi connectivity index (χ3n) is 9.31. The monoisotopic (exact) mass is 506 g/mol. The lowest BCUT2D eigenvalue weighted by molar-refractivity contribution is -0.150. The molecule has 8 heteroatoms. The summed E-state index contributed by atoms with van der Waals surface area (Å²) < 4.78 is 5.76. The maximum atomic E-state index is 12.9. The first-order valence-electron chi connectivity index (χ1n) is 14.4. The molecule has 3 saturated heterocycles. The number of carbonyl (C=O) groups is 1. The number of dihydropyridines is 1. The van der Waals surface area contributed by atoms with Crippen molar-refractivity contribution in [3.05, 3.63) is 42.0 Å². The van der Waals surface area contributed by atoms with Gasteiger partial charge in [-0.2, -0.15) is 0 Å². The summed E-state index contributed by atoms with van der Waals surface area (Å²) in [5, 5.41) is 7.03. The zero-order valence-corrected chi connectivity index (χ0v) is 22.1. The van der Waals surface area contributed by atoms with Crippen LogP contribution < -0.4 is 10.6 Å². The van der Waals surface area contributed by atoms with Crippen molar-refractivity contribution in [1.82, 2.24) is 25.5 Å². The molecule has 6 rings (SSSR count). The zero-order valence-electron chi connectivity index (χ0n) is 22.1. The van der Waals surface area contributed by atoms with Crippen LogP contribution in [0.25, 0.3) is 0 Å². The Balaban J connectivity index is 0.978. The molecule has 0 radical (unpaired) electrons. The molecule has 0 bridgehead atoms. The van der Waals surface area contributed by atoms with E-state index < -0.39 is 0 Å². The fourth-order valence-electron chi connectivity index (χ4n) is 6.86. The van der Waals surface area contributed by atoms with Gasteiger partial charge >= 0.3 is 5.97 Å². The smallest absolute Gasteiger partial charge is 0.310 e. The number of nitrogens with one attached hydrogen (secondary N) is 3. The van der Waals surface area contributed by atoms with Gasteiger partial charge in [0.05, 0.1) is 36.3 Å². The van der Waals surface area contributed by atoms with Crippen LogP contribution in [0.15, 0.2) is 35.6 Å². The summed E-state index contributed by atoms with van der Waals surface area (Å²) in [4.78, 5) is 28.3. The number of allylic oxidation sites excluding steroid dienone is 2. The highest BCUT2D eigenvalue weighted by Crippen LogP contribution is 2.38. The maximum absolute atomic E-state index is 12.9. The summed E-state index contributed by atoms with van der Waals surface area (Å²) in [5.74, 6) is 0.556. The van der Waals surface area contributed by atoms with E-state index in [1.165, 1.54) is 39.0 Å². The number of piperidine rings is 2. The molecule has 3 N–H and O–H groups in total. The van der Waals surface area contributed by atoms with Crippen molar-refractivity contribution in [1.29, 1.82) is 0 Å². The molecule has 1 aromatic rings. The molecule has 4 aliphatic heterocycles. The average Bonchev–Trinajstić information content (AvgIpc) is 3.40. The molecule has 200 valence electrons. The Bertz CT molecular complexity index is 1050. The van der Waals surface area contributed by atoms with Gasteiger partial charge in [-0.05, 0) is 75.9 Å². The molecule has 0 amide bonds. The second-order valence-electron chi connectivity index (χ2n) is 12.0. The van der Waals surface area contributed by atoms with Gasteiger partial charge in [0, 0.05) is 38.1 Å². The highest BCUT2D eigenvalue weighted by molar-refractivity contribution is 6.08. The zero-order chi connectivity index (χ0) is 25.2. The van der Waals surface area contributed by atoms with E-state index in [1.54, 1.807) is 6.33 Å². The van der Waals surface area contributed by atoms with Crippen molar-refractivity contribution >= 4 is 11.7 Å². The van der Waals surface area contributed by atoms with Gasteiger partial charge in [-0.3, -0.25) is 9.79 Å². The van der Waals surface area contributed by atoms with E-state index in [4.69, 9.17) is 9.73 Å². The molecule has 5 heterocycles. The van der Waals surface area contributed by atoms with Crippen molar-refractivity contribution in [3.8, 4) is 0 Å². The van der Waals surface area contributed by atoms with Gasteiger partial charge in [0.2, 0.25) is 0 Å². The maximum Gasteiger partial charge on any atom is 0.310 e. The van der Waals surface area contributed by atoms with E-state index in [2.05, 4.69) is 56.7 Å². The van der Waals surface area contributed by atoms with Gasteiger partial charge in [-0.25, -0.2) is 4.98 Å². The van der Waals surface area contributed by atoms with Crippen LogP contribution in [-0.2, 0) is 9.53 Å². The van der Waals surface area contributed by atoms with Crippen LogP contribution in [-0.4, -0.2) is 84.5 Å². The second-order valence-corrected chi connectivity index (χ2v) is 12.0. The van der Waals surface area contributed by atoms with E-state index in [1.807, 2.05) is 0 Å². The summed E-state index contributed by atoms with van der Waals surface area (Å²) in [6, 6.07) is 0.619. The van der Waals surface area contributed by atoms with Crippen LogP contribution in [0.4, 0.5) is 0 Å². The summed E-state index contributed by atoms with van der Waals surface area (Å²) in [7, 11) is 0. The lowest BCUT2D eigenvalue weighted by Crippen LogP contribution is -2.58. The molecule has 1 spiro atoms. The molecule has 8 nitrogen and oxygen atoms in total. The minimum absolute atomic E-state index is 0.0342. The molecule has 0 saturated carbocycles. The molecule has 1 aliphatic carbocycles. The SMILES string of the molecule is CC1CC=CC(c2nc[nH]c2C2C=CC3NCC(C(=O)OCCCN4CCC5(CC4)CNC5)CC3C2)=N1. The molecule has 1 aromatic heterocycles. The van der Waals surface area contributed by atoms with Gasteiger partial charge in [-0.1, -0.05) is 18.2 Å². The topological polar surface area (TPSA) is 94.6 Å². The van der Waals surface area contributed by atoms with Crippen LogP contribution in [0.5, 0.6) is 0 Å². The Morgan fingerprint density at radius 3 is 2.86 bits per heavy atom. The van der Waals surface area contributed by atoms with Gasteiger partial charge in [-0.15, -0.1) is 0 Å². The number of hydrogen-bond donors (Lipinski definition) is 3. The number of hydrogen-bond acceptors (Lipinski definition) is 7. The standard InChI is InChI=1S/C29H42N6O2/c1-20-4-2-5-25(34-20)27-26(32-19-33-27)21-6-7-24-22(14-21)15-23(16-31-24)28(36)37-13-3-10-35-11-8-29(9-12-35)17-30-18-29/h2,5-7,19-24,30-31H,3-4,8-18H2,1H3,(H,32,33). The van der Waals surface area contributed by atoms with E-state index in [0.717, 1.165) is 49.3 Å². The Labute approximate surface area is 220 Å². The van der Waals surface area contributed by atoms with Crippen LogP contribution >= 0.6 is 0 Å². The Morgan fingerprint density at radius 1 is 1.22 bits per heavy atom. The van der Waals surface area contributed by atoms with Gasteiger partial charge in [0.25, 0.3) is 0 Å². The summed E-state index contributed by atoms with van der Waals surface area (Å²) in [6.45, 7) is 9.16. The van der Waals surface area contributed by atoms with Gasteiger partial charge in [0.15, 0.2) is 0 Å². The van der Waals surface area contributed by atoms with E-state index in [0.29, 0.717) is 36.6 Å². The number of likely N-dealkylation sites (tertiary alicyclic amines) is 1. The Morgan fingerprint density at radius 2 is 2.08 bits per heavy atom. The third-order valence-corrected chi connectivity index (χ3v) is 9.31. The van der Waals surface area contributed by atoms with Crippen molar-refractivity contribution in [2.45, 2.75) is 63.5 Å². The number of fused-ring (bicyclic) bond motifs is 1. The number of carbonyl (C=O) groups excluding carboxylic acids is 1. The van der Waals surface area contributed by atoms with Crippen molar-refractivity contribution in [3.63, 3.8) is 0 Å². The molecule has 3 fully saturated rings. The number of nitrogens with zero attached hydrogens (tertiary/aromatic N) is 3. The normalized spacial score (nSPS) is 33.0. The van der Waals surface area contributed by atoms with E-state index in [9.17, 15) is 4.79 Å². The number of aromatic amines is 1. The van der Waals surface area contributed by atoms with Crippen LogP contribution in [0.2, 0.25) is 0 Å². The first-order valence-corrected chi connectivity index (χ1v) is 14.4. The molecular formula is C29H42N6O2. The van der Waals surface area contributed by atoms with E-state index >= 15 is 0 Å². The lowest BCUT2D eigenvalue weighted by atomic mass is 9.73. The number of aromatic nitrogens is 2. The first kappa shape index (κ1) is 25.0. The Hall–Kier alpha value is -2.29. The van der Waals surface area contributed by atoms with Crippen molar-refractivity contribution in [2.24, 2.45) is 22.2 Å². The molecule has 5 aliphatic rings. The third kappa shape index (κ3) is 5.47. The van der Waals surface area contributed by atoms with Crippen LogP contribution in [0, 0.1) is 17.3 Å². The lowest BCUT2D eigenvalue weighted by Gasteiger charge is -2.48. The predicted molar refractivity (Wildman–Crippen MR) is 145 cm³/mol. The summed E-state index contributed by atoms with van der Waals surface area (Å²) >= 11 is 0. The quantitative estimate of drug-likeness (QED) is 0.299. The first-order chi connectivity index (χ1) is 18.1. The molecular weight excluding hydrogens is 464 g/mol. The van der Waals surface area contributed by atoms with Crippen molar-refractivity contribution < 1.29 is 9.53 Å². The number of aliphatic imine (C=N–C) groups is 1. The minimum Gasteiger partial charge on any atom is -0.465 e. The largest absolute Gasteiger partial charge is 0.465 e. The number of imidazole rings is 1. The highest BCUT2D eigenvalue weighted by atomic mass is 16.5. The minimum atomic E-state index is -0.0675.